The van der Waals surface area contributed by atoms with E-state index in [9.17, 15) is 18.5 Å². The third kappa shape index (κ3) is 4.71. The van der Waals surface area contributed by atoms with Gasteiger partial charge in [0.05, 0.1) is 9.82 Å². The lowest BCUT2D eigenvalue weighted by Gasteiger charge is -2.26. The highest BCUT2D eigenvalue weighted by atomic mass is 32.2. The summed E-state index contributed by atoms with van der Waals surface area (Å²) < 4.78 is 27.5. The van der Waals surface area contributed by atoms with Gasteiger partial charge in [0.15, 0.2) is 0 Å². The van der Waals surface area contributed by atoms with Gasteiger partial charge in [0.2, 0.25) is 10.0 Å². The van der Waals surface area contributed by atoms with Crippen LogP contribution in [0.5, 0.6) is 0 Å². The average Bonchev–Trinajstić information content (AvgIpc) is 2.69. The first kappa shape index (κ1) is 19.5. The monoisotopic (exact) mass is 389 g/mol. The highest BCUT2D eigenvalue weighted by Gasteiger charge is 2.27. The molecule has 2 aromatic carbocycles. The van der Waals surface area contributed by atoms with Gasteiger partial charge in [0.25, 0.3) is 5.69 Å². The van der Waals surface area contributed by atoms with Crippen molar-refractivity contribution in [1.82, 2.24) is 9.62 Å². The van der Waals surface area contributed by atoms with E-state index in [0.29, 0.717) is 36.6 Å². The molecule has 144 valence electrons. The lowest BCUT2D eigenvalue weighted by Crippen LogP contribution is -2.36. The maximum atomic E-state index is 13.0. The van der Waals surface area contributed by atoms with Crippen LogP contribution < -0.4 is 5.32 Å². The van der Waals surface area contributed by atoms with Crippen molar-refractivity contribution in [2.45, 2.75) is 37.2 Å². The molecule has 0 amide bonds. The average molecular weight is 389 g/mol. The van der Waals surface area contributed by atoms with Crippen molar-refractivity contribution in [3.05, 3.63) is 69.8 Å². The van der Waals surface area contributed by atoms with Gasteiger partial charge in [-0.3, -0.25) is 10.1 Å². The predicted molar refractivity (Wildman–Crippen MR) is 103 cm³/mol. The van der Waals surface area contributed by atoms with Crippen LogP contribution in [0.2, 0.25) is 0 Å². The predicted octanol–water partition coefficient (Wildman–Crippen LogP) is 3.06. The third-order valence-corrected chi connectivity index (χ3v) is 6.67. The molecule has 8 heteroatoms. The van der Waals surface area contributed by atoms with E-state index < -0.39 is 14.9 Å². The number of non-ortho nitro benzene ring substituents is 1. The van der Waals surface area contributed by atoms with Crippen LogP contribution in [0.1, 0.15) is 30.4 Å². The summed E-state index contributed by atoms with van der Waals surface area (Å²) in [4.78, 5) is 10.8. The molecule has 0 spiro atoms. The minimum atomic E-state index is -3.50. The highest BCUT2D eigenvalue weighted by Crippen LogP contribution is 2.23. The molecular weight excluding hydrogens is 366 g/mol. The Bertz CT molecular complexity index is 909. The standard InChI is InChI=1S/C19H23N3O4S/c23-22(24)18-9-6-7-16(13-18)14-20-15-17-8-2-3-10-19(17)27(25,26)21-11-4-1-5-12-21/h2-3,6-10,13,20H,1,4-5,11-12,14-15H2. The van der Waals surface area contributed by atoms with Gasteiger partial charge >= 0.3 is 0 Å². The summed E-state index contributed by atoms with van der Waals surface area (Å²) in [5.74, 6) is 0. The first-order chi connectivity index (χ1) is 13.0. The Morgan fingerprint density at radius 3 is 2.48 bits per heavy atom. The summed E-state index contributed by atoms with van der Waals surface area (Å²) in [5.41, 5.74) is 1.52. The van der Waals surface area contributed by atoms with Crippen LogP contribution in [0.3, 0.4) is 0 Å². The number of nitro groups is 1. The normalized spacial score (nSPS) is 15.6. The Balaban J connectivity index is 1.71. The third-order valence-electron chi connectivity index (χ3n) is 4.67. The van der Waals surface area contributed by atoms with Crippen molar-refractivity contribution in [3.63, 3.8) is 0 Å². The zero-order chi connectivity index (χ0) is 19.3. The van der Waals surface area contributed by atoms with E-state index in [0.717, 1.165) is 24.8 Å². The zero-order valence-corrected chi connectivity index (χ0v) is 15.8. The Morgan fingerprint density at radius 2 is 1.74 bits per heavy atom. The fourth-order valence-electron chi connectivity index (χ4n) is 3.27. The summed E-state index contributed by atoms with van der Waals surface area (Å²) in [7, 11) is -3.50. The molecule has 0 radical (unpaired) electrons. The van der Waals surface area contributed by atoms with E-state index in [1.165, 1.54) is 12.1 Å². The first-order valence-electron chi connectivity index (χ1n) is 9.00. The van der Waals surface area contributed by atoms with Crippen LogP contribution in [-0.2, 0) is 23.1 Å². The lowest BCUT2D eigenvalue weighted by atomic mass is 10.2. The molecule has 0 unspecified atom stereocenters. The molecule has 1 heterocycles. The number of sulfonamides is 1. The number of benzene rings is 2. The Kier molecular flexibility index (Phi) is 6.20. The lowest BCUT2D eigenvalue weighted by molar-refractivity contribution is -0.384. The number of nitro benzene ring substituents is 1. The molecule has 3 rings (SSSR count). The zero-order valence-electron chi connectivity index (χ0n) is 15.0. The fraction of sp³-hybridized carbons (Fsp3) is 0.368. The molecule has 0 saturated carbocycles. The van der Waals surface area contributed by atoms with Crippen molar-refractivity contribution < 1.29 is 13.3 Å². The summed E-state index contributed by atoms with van der Waals surface area (Å²) in [6.07, 6.45) is 2.86. The topological polar surface area (TPSA) is 92.5 Å². The van der Waals surface area contributed by atoms with E-state index in [2.05, 4.69) is 5.32 Å². The molecule has 1 aliphatic heterocycles. The van der Waals surface area contributed by atoms with Crippen molar-refractivity contribution in [1.29, 1.82) is 0 Å². The van der Waals surface area contributed by atoms with Crippen LogP contribution in [0.15, 0.2) is 53.4 Å². The van der Waals surface area contributed by atoms with E-state index >= 15 is 0 Å². The van der Waals surface area contributed by atoms with Gasteiger partial charge in [-0.2, -0.15) is 4.31 Å². The number of hydrogen-bond acceptors (Lipinski definition) is 5. The minimum Gasteiger partial charge on any atom is -0.309 e. The Labute approximate surface area is 159 Å². The van der Waals surface area contributed by atoms with E-state index in [4.69, 9.17) is 0 Å². The van der Waals surface area contributed by atoms with Crippen molar-refractivity contribution in [2.75, 3.05) is 13.1 Å². The Hall–Kier alpha value is -2.29. The van der Waals surface area contributed by atoms with Crippen LogP contribution in [-0.4, -0.2) is 30.7 Å². The minimum absolute atomic E-state index is 0.0439. The number of nitrogens with one attached hydrogen (secondary N) is 1. The molecule has 1 N–H and O–H groups in total. The summed E-state index contributed by atoms with van der Waals surface area (Å²) in [6, 6.07) is 13.4. The number of piperidine rings is 1. The SMILES string of the molecule is O=[N+]([O-])c1cccc(CNCc2ccccc2S(=O)(=O)N2CCCCC2)c1. The summed E-state index contributed by atoms with van der Waals surface area (Å²) in [6.45, 7) is 1.92. The number of rotatable bonds is 7. The molecule has 0 atom stereocenters. The molecule has 2 aromatic rings. The van der Waals surface area contributed by atoms with Crippen LogP contribution >= 0.6 is 0 Å². The summed E-state index contributed by atoms with van der Waals surface area (Å²) in [5, 5.41) is 14.1. The molecule has 0 aliphatic carbocycles. The van der Waals surface area contributed by atoms with E-state index in [1.54, 1.807) is 34.6 Å². The van der Waals surface area contributed by atoms with Crippen molar-refractivity contribution >= 4 is 15.7 Å². The maximum Gasteiger partial charge on any atom is 0.269 e. The molecule has 1 aliphatic rings. The first-order valence-corrected chi connectivity index (χ1v) is 10.4. The maximum absolute atomic E-state index is 13.0. The van der Waals surface area contributed by atoms with Gasteiger partial charge < -0.3 is 5.32 Å². The second kappa shape index (κ2) is 8.60. The molecule has 0 aromatic heterocycles. The van der Waals surface area contributed by atoms with E-state index in [-0.39, 0.29) is 5.69 Å². The highest BCUT2D eigenvalue weighted by molar-refractivity contribution is 7.89. The molecule has 1 saturated heterocycles. The van der Waals surface area contributed by atoms with Crippen LogP contribution in [0.25, 0.3) is 0 Å². The fourth-order valence-corrected chi connectivity index (χ4v) is 5.01. The van der Waals surface area contributed by atoms with Gasteiger partial charge in [-0.1, -0.05) is 36.8 Å². The van der Waals surface area contributed by atoms with Gasteiger partial charge in [0.1, 0.15) is 0 Å². The quantitative estimate of drug-likeness (QED) is 0.580. The largest absolute Gasteiger partial charge is 0.309 e. The van der Waals surface area contributed by atoms with E-state index in [1.807, 2.05) is 6.07 Å². The van der Waals surface area contributed by atoms with Gasteiger partial charge in [-0.15, -0.1) is 0 Å². The molecular formula is C19H23N3O4S. The second-order valence-electron chi connectivity index (χ2n) is 6.60. The molecule has 27 heavy (non-hydrogen) atoms. The van der Waals surface area contributed by atoms with Gasteiger partial charge in [0, 0.05) is 38.3 Å². The number of nitrogens with zero attached hydrogens (tertiary/aromatic N) is 2. The second-order valence-corrected chi connectivity index (χ2v) is 8.51. The Morgan fingerprint density at radius 1 is 1.00 bits per heavy atom. The van der Waals surface area contributed by atoms with Gasteiger partial charge in [-0.05, 0) is 30.0 Å². The molecule has 7 nitrogen and oxygen atoms in total. The van der Waals surface area contributed by atoms with Crippen molar-refractivity contribution in [2.24, 2.45) is 0 Å². The smallest absolute Gasteiger partial charge is 0.269 e. The van der Waals surface area contributed by atoms with Crippen molar-refractivity contribution in [3.8, 4) is 0 Å². The molecule has 1 fully saturated rings. The number of hydrogen-bond donors (Lipinski definition) is 1. The van der Waals surface area contributed by atoms with Gasteiger partial charge in [-0.25, -0.2) is 8.42 Å². The van der Waals surface area contributed by atoms with Crippen LogP contribution in [0, 0.1) is 10.1 Å². The van der Waals surface area contributed by atoms with Crippen LogP contribution in [0.4, 0.5) is 5.69 Å². The molecule has 0 bridgehead atoms. The summed E-state index contributed by atoms with van der Waals surface area (Å²) >= 11 is 0.